The predicted molar refractivity (Wildman–Crippen MR) is 128 cm³/mol. The third-order valence-corrected chi connectivity index (χ3v) is 7.28. The number of oxime groups is 1. The van der Waals surface area contributed by atoms with E-state index in [1.165, 1.54) is 19.1 Å². The van der Waals surface area contributed by atoms with Gasteiger partial charge in [-0.1, -0.05) is 28.9 Å². The number of hydrogen-bond acceptors (Lipinski definition) is 5. The van der Waals surface area contributed by atoms with E-state index in [0.29, 0.717) is 6.21 Å². The van der Waals surface area contributed by atoms with Crippen LogP contribution in [0, 0.1) is 0 Å². The molecule has 0 radical (unpaired) electrons. The monoisotopic (exact) mass is 637 g/mol. The van der Waals surface area contributed by atoms with Gasteiger partial charge in [-0.3, -0.25) is 4.79 Å². The second-order valence-corrected chi connectivity index (χ2v) is 10.9. The third-order valence-electron chi connectivity index (χ3n) is 5.77. The normalized spacial score (nSPS) is 18.4. The van der Waals surface area contributed by atoms with E-state index in [1.807, 2.05) is 0 Å². The number of rotatable bonds is 7. The van der Waals surface area contributed by atoms with Crippen molar-refractivity contribution in [2.24, 2.45) is 9.55 Å². The van der Waals surface area contributed by atoms with Gasteiger partial charge >= 0.3 is 18.5 Å². The van der Waals surface area contributed by atoms with Crippen LogP contribution in [-0.4, -0.2) is 38.2 Å². The molecule has 3 rings (SSSR count). The first kappa shape index (κ1) is 32.2. The quantitative estimate of drug-likeness (QED) is 0.298. The highest BCUT2D eigenvalue weighted by atomic mass is 35.5. The Hall–Kier alpha value is -3.34. The van der Waals surface area contributed by atoms with Gasteiger partial charge in [0.15, 0.2) is 0 Å². The molecule has 0 saturated carbocycles. The van der Waals surface area contributed by atoms with Gasteiger partial charge < -0.3 is 10.2 Å². The maximum atomic E-state index is 14.3. The lowest BCUT2D eigenvalue weighted by atomic mass is 9.84. The molecule has 0 aromatic heterocycles. The van der Waals surface area contributed by atoms with Crippen LogP contribution in [0.3, 0.4) is 0 Å². The van der Waals surface area contributed by atoms with Crippen LogP contribution in [0.4, 0.5) is 39.5 Å². The molecule has 224 valence electrons. The third kappa shape index (κ3) is 7.30. The van der Waals surface area contributed by atoms with Gasteiger partial charge in [0.1, 0.15) is 6.21 Å². The Morgan fingerprint density at radius 3 is 2.12 bits per heavy atom. The van der Waals surface area contributed by atoms with Crippen molar-refractivity contribution < 1.29 is 57.6 Å². The first-order valence-electron chi connectivity index (χ1n) is 11.1. The molecule has 2 aromatic carbocycles. The van der Waals surface area contributed by atoms with E-state index in [-0.39, 0.29) is 46.6 Å². The van der Waals surface area contributed by atoms with E-state index in [1.54, 1.807) is 0 Å². The minimum atomic E-state index is -5.51. The molecule has 1 unspecified atom stereocenters. The molecule has 0 fully saturated rings. The molecule has 1 amide bonds. The lowest BCUT2D eigenvalue weighted by Crippen LogP contribution is -2.43. The maximum absolute atomic E-state index is 14.3. The summed E-state index contributed by atoms with van der Waals surface area (Å²) in [5, 5.41) is 5.49. The number of amides is 1. The smallest absolute Gasteiger partial charge is 0.374 e. The van der Waals surface area contributed by atoms with Crippen molar-refractivity contribution in [1.82, 2.24) is 5.32 Å². The molecule has 7 nitrogen and oxygen atoms in total. The fraction of sp³-hybridized carbons (Fsp3) is 0.348. The standard InChI is InChI=1S/C23H17ClF9N3O4S/c1-2-41(38,39)35-11-19(37)34-10-13-4-3-12(5-17(13)24)18-9-20(40-36-18,23(31,32)33)14-6-15(21(25,26)27)8-16(7-14)22(28,29)30/h3-8,11H,2,9-10H2,1H3,(H,34,37). The first-order valence-corrected chi connectivity index (χ1v) is 13.1. The molecule has 1 aliphatic rings. The van der Waals surface area contributed by atoms with E-state index in [9.17, 15) is 52.7 Å². The fourth-order valence-corrected chi connectivity index (χ4v) is 4.20. The molecule has 0 aliphatic carbocycles. The van der Waals surface area contributed by atoms with Crippen LogP contribution < -0.4 is 5.32 Å². The van der Waals surface area contributed by atoms with Gasteiger partial charge in [-0.15, -0.1) is 0 Å². The zero-order valence-electron chi connectivity index (χ0n) is 20.4. The van der Waals surface area contributed by atoms with Gasteiger partial charge in [-0.2, -0.15) is 43.9 Å². The summed E-state index contributed by atoms with van der Waals surface area (Å²) < 4.78 is 148. The summed E-state index contributed by atoms with van der Waals surface area (Å²) in [7, 11) is -3.81. The summed E-state index contributed by atoms with van der Waals surface area (Å²) in [5.74, 6) is -1.24. The largest absolute Gasteiger partial charge is 0.435 e. The van der Waals surface area contributed by atoms with Crippen LogP contribution in [0.2, 0.25) is 5.02 Å². The molecular weight excluding hydrogens is 621 g/mol. The summed E-state index contributed by atoms with van der Waals surface area (Å²) in [6.45, 7) is 1.04. The Morgan fingerprint density at radius 2 is 1.63 bits per heavy atom. The summed E-state index contributed by atoms with van der Waals surface area (Å²) in [6, 6.07) is 3.08. The van der Waals surface area contributed by atoms with Crippen LogP contribution in [0.5, 0.6) is 0 Å². The Bertz CT molecular complexity index is 1470. The molecule has 1 aliphatic heterocycles. The molecule has 0 bridgehead atoms. The molecule has 1 N–H and O–H groups in total. The van der Waals surface area contributed by atoms with Crippen LogP contribution >= 0.6 is 11.6 Å². The summed E-state index contributed by atoms with van der Waals surface area (Å²) in [5.41, 5.74) is -9.43. The average Bonchev–Trinajstić information content (AvgIpc) is 3.33. The van der Waals surface area contributed by atoms with Crippen molar-refractivity contribution in [3.63, 3.8) is 0 Å². The van der Waals surface area contributed by atoms with Crippen LogP contribution in [0.25, 0.3) is 0 Å². The van der Waals surface area contributed by atoms with E-state index in [0.717, 1.165) is 6.07 Å². The molecule has 0 spiro atoms. The van der Waals surface area contributed by atoms with Crippen molar-refractivity contribution in [1.29, 1.82) is 0 Å². The van der Waals surface area contributed by atoms with E-state index >= 15 is 0 Å². The topological polar surface area (TPSA) is 97.2 Å². The Morgan fingerprint density at radius 1 is 1.05 bits per heavy atom. The predicted octanol–water partition coefficient (Wildman–Crippen LogP) is 6.00. The summed E-state index contributed by atoms with van der Waals surface area (Å²) in [6.07, 6.45) is -17.1. The number of carbonyl (C=O) groups is 1. The molecular formula is C23H17ClF9N3O4S. The zero-order chi connectivity index (χ0) is 31.0. The molecule has 0 saturated heterocycles. The number of halogens is 10. The van der Waals surface area contributed by atoms with E-state index in [4.69, 9.17) is 11.6 Å². The highest BCUT2D eigenvalue weighted by molar-refractivity contribution is 7.90. The number of alkyl halides is 9. The fourth-order valence-electron chi connectivity index (χ4n) is 3.55. The second kappa shape index (κ2) is 11.2. The summed E-state index contributed by atoms with van der Waals surface area (Å²) in [4.78, 5) is 16.4. The van der Waals surface area contributed by atoms with E-state index in [2.05, 4.69) is 19.7 Å². The summed E-state index contributed by atoms with van der Waals surface area (Å²) >= 11 is 6.13. The zero-order valence-corrected chi connectivity index (χ0v) is 22.0. The Kier molecular flexibility index (Phi) is 8.75. The number of hydrogen-bond donors (Lipinski definition) is 1. The van der Waals surface area contributed by atoms with Gasteiger partial charge in [0.25, 0.3) is 21.5 Å². The minimum absolute atomic E-state index is 0.0744. The van der Waals surface area contributed by atoms with Gasteiger partial charge in [-0.25, -0.2) is 8.42 Å². The lowest BCUT2D eigenvalue weighted by Gasteiger charge is -2.30. The number of nitrogens with one attached hydrogen (secondary N) is 1. The molecule has 41 heavy (non-hydrogen) atoms. The number of nitrogens with zero attached hydrogens (tertiary/aromatic N) is 2. The van der Waals surface area contributed by atoms with Gasteiger partial charge in [0, 0.05) is 29.1 Å². The van der Waals surface area contributed by atoms with Gasteiger partial charge in [-0.05, 0) is 36.8 Å². The number of carbonyl (C=O) groups excluding carboxylic acids is 1. The number of sulfonamides is 1. The van der Waals surface area contributed by atoms with Crippen LogP contribution in [0.15, 0.2) is 46.0 Å². The van der Waals surface area contributed by atoms with Crippen molar-refractivity contribution >= 4 is 39.5 Å². The highest BCUT2D eigenvalue weighted by Gasteiger charge is 2.63. The molecule has 18 heteroatoms. The molecule has 1 atom stereocenters. The van der Waals surface area contributed by atoms with Gasteiger partial charge in [0.05, 0.1) is 22.6 Å². The second-order valence-electron chi connectivity index (χ2n) is 8.55. The highest BCUT2D eigenvalue weighted by Crippen LogP contribution is 2.51. The minimum Gasteiger partial charge on any atom is -0.374 e. The SMILES string of the molecule is CCS(=O)(=O)N=CC(=O)NCc1ccc(C2=NOC(c3cc(C(F)(F)F)cc(C(F)(F)F)c3)(C(F)(F)F)C2)cc1Cl. The van der Waals surface area contributed by atoms with E-state index < -0.39 is 68.9 Å². The molecule has 1 heterocycles. The van der Waals surface area contributed by atoms with Crippen LogP contribution in [0.1, 0.15) is 41.2 Å². The first-order chi connectivity index (χ1) is 18.7. The Labute approximate surface area is 231 Å². The van der Waals surface area contributed by atoms with Crippen molar-refractivity contribution in [3.8, 4) is 0 Å². The number of benzene rings is 2. The maximum Gasteiger partial charge on any atom is 0.435 e. The van der Waals surface area contributed by atoms with Crippen LogP contribution in [-0.2, 0) is 44.2 Å². The lowest BCUT2D eigenvalue weighted by molar-refractivity contribution is -0.276. The average molecular weight is 638 g/mol. The molecule has 2 aromatic rings. The van der Waals surface area contributed by atoms with Gasteiger partial charge in [0.2, 0.25) is 0 Å². The van der Waals surface area contributed by atoms with Crippen molar-refractivity contribution in [3.05, 3.63) is 69.2 Å². The van der Waals surface area contributed by atoms with Crippen molar-refractivity contribution in [2.75, 3.05) is 5.75 Å². The Balaban J connectivity index is 1.91. The van der Waals surface area contributed by atoms with Crippen molar-refractivity contribution in [2.45, 2.75) is 44.0 Å².